The zero-order valence-electron chi connectivity index (χ0n) is 18.0. The molecule has 0 aliphatic carbocycles. The molecular formula is C26H28N4O2. The molecule has 6 nitrogen and oxygen atoms in total. The zero-order valence-corrected chi connectivity index (χ0v) is 18.0. The standard InChI is InChI=1S/C26H28N4O2/c31-25(21-10-5-2-6-11-21)27-23-12-7-13-24(18-23)29-26(32)28-22-14-16-30(17-15-22)19-20-8-3-1-4-9-20/h1-13,18,22H,14-17,19H2,(H,27,31)(H2,28,29,32). The fourth-order valence-electron chi connectivity index (χ4n) is 3.90. The van der Waals surface area contributed by atoms with Crippen molar-refractivity contribution in [3.8, 4) is 0 Å². The first-order valence-corrected chi connectivity index (χ1v) is 11.0. The Morgan fingerprint density at radius 1 is 0.781 bits per heavy atom. The fourth-order valence-corrected chi connectivity index (χ4v) is 3.90. The molecule has 1 aliphatic heterocycles. The molecular weight excluding hydrogens is 400 g/mol. The van der Waals surface area contributed by atoms with Gasteiger partial charge in [0.05, 0.1) is 0 Å². The molecule has 6 heteroatoms. The lowest BCUT2D eigenvalue weighted by atomic mass is 10.0. The van der Waals surface area contributed by atoms with E-state index in [9.17, 15) is 9.59 Å². The van der Waals surface area contributed by atoms with Crippen LogP contribution in [0.5, 0.6) is 0 Å². The Bertz CT molecular complexity index is 1030. The average Bonchev–Trinajstić information content (AvgIpc) is 2.82. The zero-order chi connectivity index (χ0) is 22.2. The molecule has 3 aromatic rings. The van der Waals surface area contributed by atoms with Gasteiger partial charge in [0.1, 0.15) is 0 Å². The van der Waals surface area contributed by atoms with Gasteiger partial charge in [-0.05, 0) is 48.7 Å². The van der Waals surface area contributed by atoms with Crippen LogP contribution in [0.4, 0.5) is 16.2 Å². The quantitative estimate of drug-likeness (QED) is 0.532. The van der Waals surface area contributed by atoms with Crippen LogP contribution < -0.4 is 16.0 Å². The Balaban J connectivity index is 1.24. The van der Waals surface area contributed by atoms with E-state index >= 15 is 0 Å². The van der Waals surface area contributed by atoms with Crippen molar-refractivity contribution < 1.29 is 9.59 Å². The minimum Gasteiger partial charge on any atom is -0.335 e. The molecule has 164 valence electrons. The Morgan fingerprint density at radius 3 is 2.09 bits per heavy atom. The number of nitrogens with one attached hydrogen (secondary N) is 3. The number of likely N-dealkylation sites (tertiary alicyclic amines) is 1. The number of amides is 3. The Hall–Kier alpha value is -3.64. The molecule has 3 aromatic carbocycles. The highest BCUT2D eigenvalue weighted by molar-refractivity contribution is 6.04. The summed E-state index contributed by atoms with van der Waals surface area (Å²) in [4.78, 5) is 27.2. The molecule has 4 rings (SSSR count). The predicted molar refractivity (Wildman–Crippen MR) is 128 cm³/mol. The maximum absolute atomic E-state index is 12.5. The van der Waals surface area contributed by atoms with E-state index in [-0.39, 0.29) is 18.0 Å². The highest BCUT2D eigenvalue weighted by Crippen LogP contribution is 2.17. The van der Waals surface area contributed by atoms with Crippen molar-refractivity contribution in [2.24, 2.45) is 0 Å². The van der Waals surface area contributed by atoms with E-state index in [2.05, 4.69) is 45.1 Å². The second-order valence-corrected chi connectivity index (χ2v) is 8.04. The van der Waals surface area contributed by atoms with Gasteiger partial charge >= 0.3 is 6.03 Å². The first kappa shape index (κ1) is 21.6. The molecule has 0 radical (unpaired) electrons. The fraction of sp³-hybridized carbons (Fsp3) is 0.231. The maximum Gasteiger partial charge on any atom is 0.319 e. The van der Waals surface area contributed by atoms with Gasteiger partial charge in [-0.15, -0.1) is 0 Å². The van der Waals surface area contributed by atoms with E-state index in [0.717, 1.165) is 32.5 Å². The van der Waals surface area contributed by atoms with Crippen LogP contribution in [0.25, 0.3) is 0 Å². The number of nitrogens with zero attached hydrogens (tertiary/aromatic N) is 1. The van der Waals surface area contributed by atoms with Crippen LogP contribution in [0.2, 0.25) is 0 Å². The molecule has 1 fully saturated rings. The molecule has 0 spiro atoms. The summed E-state index contributed by atoms with van der Waals surface area (Å²) in [5.74, 6) is -0.186. The SMILES string of the molecule is O=C(Nc1cccc(NC(=O)c2ccccc2)c1)NC1CCN(Cc2ccccc2)CC1. The van der Waals surface area contributed by atoms with E-state index in [0.29, 0.717) is 16.9 Å². The van der Waals surface area contributed by atoms with E-state index < -0.39 is 0 Å². The number of anilines is 2. The maximum atomic E-state index is 12.5. The first-order chi connectivity index (χ1) is 15.7. The van der Waals surface area contributed by atoms with Crippen LogP contribution in [0.3, 0.4) is 0 Å². The summed E-state index contributed by atoms with van der Waals surface area (Å²) in [5.41, 5.74) is 3.17. The second kappa shape index (κ2) is 10.6. The smallest absolute Gasteiger partial charge is 0.319 e. The lowest BCUT2D eigenvalue weighted by molar-refractivity contribution is 0.102. The number of piperidine rings is 1. The van der Waals surface area contributed by atoms with Crippen molar-refractivity contribution in [1.82, 2.24) is 10.2 Å². The molecule has 32 heavy (non-hydrogen) atoms. The minimum atomic E-state index is -0.224. The third kappa shape index (κ3) is 6.18. The van der Waals surface area contributed by atoms with E-state index in [1.807, 2.05) is 24.3 Å². The van der Waals surface area contributed by atoms with Crippen LogP contribution in [0.1, 0.15) is 28.8 Å². The molecule has 1 heterocycles. The van der Waals surface area contributed by atoms with Gasteiger partial charge in [-0.2, -0.15) is 0 Å². The first-order valence-electron chi connectivity index (χ1n) is 11.0. The van der Waals surface area contributed by atoms with Gasteiger partial charge in [-0.3, -0.25) is 9.69 Å². The van der Waals surface area contributed by atoms with Crippen molar-refractivity contribution in [2.45, 2.75) is 25.4 Å². The van der Waals surface area contributed by atoms with Crippen LogP contribution in [0, 0.1) is 0 Å². The topological polar surface area (TPSA) is 73.5 Å². The third-order valence-electron chi connectivity index (χ3n) is 5.59. The van der Waals surface area contributed by atoms with Gasteiger partial charge in [-0.25, -0.2) is 4.79 Å². The lowest BCUT2D eigenvalue weighted by Gasteiger charge is -2.32. The van der Waals surface area contributed by atoms with Crippen LogP contribution >= 0.6 is 0 Å². The Morgan fingerprint density at radius 2 is 1.41 bits per heavy atom. The van der Waals surface area contributed by atoms with Crippen molar-refractivity contribution in [3.63, 3.8) is 0 Å². The Labute approximate surface area is 188 Å². The number of carbonyl (C=O) groups is 2. The Kier molecular flexibility index (Phi) is 7.15. The van der Waals surface area contributed by atoms with Gasteiger partial charge < -0.3 is 16.0 Å². The normalized spacial score (nSPS) is 14.5. The summed E-state index contributed by atoms with van der Waals surface area (Å²) in [7, 11) is 0. The number of urea groups is 1. The summed E-state index contributed by atoms with van der Waals surface area (Å²) in [6.07, 6.45) is 1.85. The number of hydrogen-bond donors (Lipinski definition) is 3. The summed E-state index contributed by atoms with van der Waals surface area (Å²) in [6, 6.07) is 26.6. The molecule has 1 aliphatic rings. The van der Waals surface area contributed by atoms with E-state index in [1.165, 1.54) is 5.56 Å². The summed E-state index contributed by atoms with van der Waals surface area (Å²) in [5, 5.41) is 8.81. The molecule has 0 atom stereocenters. The van der Waals surface area contributed by atoms with Crippen molar-refractivity contribution in [3.05, 3.63) is 96.1 Å². The van der Waals surface area contributed by atoms with E-state index in [4.69, 9.17) is 0 Å². The van der Waals surface area contributed by atoms with Crippen molar-refractivity contribution in [1.29, 1.82) is 0 Å². The molecule has 0 unspecified atom stereocenters. The molecule has 0 aromatic heterocycles. The summed E-state index contributed by atoms with van der Waals surface area (Å²) in [6.45, 7) is 2.86. The largest absolute Gasteiger partial charge is 0.335 e. The van der Waals surface area contributed by atoms with Gasteiger partial charge in [0.25, 0.3) is 5.91 Å². The highest BCUT2D eigenvalue weighted by atomic mass is 16.2. The summed E-state index contributed by atoms with van der Waals surface area (Å²) >= 11 is 0. The van der Waals surface area contributed by atoms with Crippen LogP contribution in [-0.4, -0.2) is 36.0 Å². The molecule has 1 saturated heterocycles. The average molecular weight is 429 g/mol. The number of benzene rings is 3. The number of rotatable bonds is 6. The lowest BCUT2D eigenvalue weighted by Crippen LogP contribution is -2.45. The van der Waals surface area contributed by atoms with Crippen molar-refractivity contribution in [2.75, 3.05) is 23.7 Å². The molecule has 0 bridgehead atoms. The molecule has 3 N–H and O–H groups in total. The van der Waals surface area contributed by atoms with Gasteiger partial charge in [0.15, 0.2) is 0 Å². The second-order valence-electron chi connectivity index (χ2n) is 8.04. The molecule has 3 amide bonds. The van der Waals surface area contributed by atoms with Crippen LogP contribution in [-0.2, 0) is 6.54 Å². The summed E-state index contributed by atoms with van der Waals surface area (Å²) < 4.78 is 0. The number of carbonyl (C=O) groups excluding carboxylic acids is 2. The molecule has 0 saturated carbocycles. The van der Waals surface area contributed by atoms with Gasteiger partial charge in [-0.1, -0.05) is 54.6 Å². The third-order valence-corrected chi connectivity index (χ3v) is 5.59. The van der Waals surface area contributed by atoms with Crippen LogP contribution in [0.15, 0.2) is 84.9 Å². The van der Waals surface area contributed by atoms with Gasteiger partial charge in [0.2, 0.25) is 0 Å². The monoisotopic (exact) mass is 428 g/mol. The van der Waals surface area contributed by atoms with Crippen molar-refractivity contribution >= 4 is 23.3 Å². The van der Waals surface area contributed by atoms with Gasteiger partial charge in [0, 0.05) is 42.6 Å². The minimum absolute atomic E-state index is 0.156. The predicted octanol–water partition coefficient (Wildman–Crippen LogP) is 4.73. The number of hydrogen-bond acceptors (Lipinski definition) is 3. The van der Waals surface area contributed by atoms with E-state index in [1.54, 1.807) is 36.4 Å². The highest BCUT2D eigenvalue weighted by Gasteiger charge is 2.20.